The molecule has 1 N–H and O–H groups in total. The molecular weight excluding hydrogens is 756 g/mol. The van der Waals surface area contributed by atoms with E-state index in [1.165, 1.54) is 5.56 Å². The summed E-state index contributed by atoms with van der Waals surface area (Å²) in [5, 5.41) is 3.39. The fourth-order valence-corrected chi connectivity index (χ4v) is 8.87. The summed E-state index contributed by atoms with van der Waals surface area (Å²) in [6.07, 6.45) is 3.14. The van der Waals surface area contributed by atoms with Gasteiger partial charge in [-0.15, -0.1) is 0 Å². The van der Waals surface area contributed by atoms with Crippen LogP contribution in [0.5, 0.6) is 5.75 Å². The van der Waals surface area contributed by atoms with E-state index in [0.717, 1.165) is 47.4 Å². The molecule has 0 unspecified atom stereocenters. The second-order valence-electron chi connectivity index (χ2n) is 14.6. The van der Waals surface area contributed by atoms with Gasteiger partial charge in [0.2, 0.25) is 0 Å². The lowest BCUT2D eigenvalue weighted by Crippen LogP contribution is -2.45. The average molecular weight is 795 g/mol. The molecule has 3 aromatic carbocycles. The summed E-state index contributed by atoms with van der Waals surface area (Å²) in [6.45, 7) is 9.09. The largest absolute Gasteiger partial charge is 0.481 e. The Morgan fingerprint density at radius 2 is 1.40 bits per heavy atom. The van der Waals surface area contributed by atoms with Crippen molar-refractivity contribution in [1.29, 1.82) is 0 Å². The van der Waals surface area contributed by atoms with E-state index in [4.69, 9.17) is 16.3 Å². The smallest absolute Gasteiger partial charge is 0.262 e. The molecule has 0 aromatic heterocycles. The summed E-state index contributed by atoms with van der Waals surface area (Å²) in [6, 6.07) is 21.1. The third-order valence-electron chi connectivity index (χ3n) is 9.32. The maximum Gasteiger partial charge on any atom is 0.262 e. The zero-order valence-corrected chi connectivity index (χ0v) is 31.5. The molecule has 2 aliphatic carbocycles. The van der Waals surface area contributed by atoms with Gasteiger partial charge in [-0.3, -0.25) is 14.4 Å². The van der Waals surface area contributed by atoms with Crippen molar-refractivity contribution in [3.05, 3.63) is 114 Å². The Labute approximate surface area is 304 Å². The number of Topliss-reactive ketones (excluding diaryl/α,β-unsaturated/α-hetero) is 2. The first kappa shape index (κ1) is 34.7. The van der Waals surface area contributed by atoms with Crippen LogP contribution in [-0.4, -0.2) is 35.5 Å². The summed E-state index contributed by atoms with van der Waals surface area (Å²) in [5.74, 6) is -0.178. The number of hydrogen-bond acceptors (Lipinski definition) is 5. The fourth-order valence-electron chi connectivity index (χ4n) is 7.29. The molecular formula is C39H39Br2ClN2O4. The number of ketones is 2. The molecule has 3 aliphatic rings. The van der Waals surface area contributed by atoms with Crippen molar-refractivity contribution in [2.75, 3.05) is 18.5 Å². The number of benzene rings is 3. The SMILES string of the molecule is CC1(C)CC(=O)C2=C(C1)N(CCc1ccccc1)C1=C(C(=O)CC(C)(C)C1)C2c1cc(Br)c(OCC(=O)Nc2ccc(Cl)cc2)c(Br)c1. The fraction of sp³-hybridized carbons (Fsp3) is 0.359. The zero-order valence-electron chi connectivity index (χ0n) is 27.6. The van der Waals surface area contributed by atoms with Crippen molar-refractivity contribution in [3.8, 4) is 5.75 Å². The molecule has 9 heteroatoms. The van der Waals surface area contributed by atoms with Crippen LogP contribution in [0.4, 0.5) is 5.69 Å². The van der Waals surface area contributed by atoms with Gasteiger partial charge >= 0.3 is 0 Å². The minimum Gasteiger partial charge on any atom is -0.481 e. The van der Waals surface area contributed by atoms with Gasteiger partial charge in [-0.05, 0) is 109 Å². The number of nitrogens with zero attached hydrogens (tertiary/aromatic N) is 1. The molecule has 48 heavy (non-hydrogen) atoms. The molecule has 0 spiro atoms. The molecule has 6 nitrogen and oxygen atoms in total. The minimum absolute atomic E-state index is 0.0894. The van der Waals surface area contributed by atoms with Gasteiger partial charge in [0, 0.05) is 58.6 Å². The monoisotopic (exact) mass is 792 g/mol. The third-order valence-corrected chi connectivity index (χ3v) is 10.7. The van der Waals surface area contributed by atoms with Crippen molar-refractivity contribution in [2.45, 2.75) is 65.7 Å². The normalized spacial score (nSPS) is 18.9. The minimum atomic E-state index is -0.495. The number of anilines is 1. The van der Waals surface area contributed by atoms with Gasteiger partial charge in [0.25, 0.3) is 5.91 Å². The summed E-state index contributed by atoms with van der Waals surface area (Å²) in [4.78, 5) is 43.5. The molecule has 0 fully saturated rings. The second-order valence-corrected chi connectivity index (χ2v) is 16.7. The van der Waals surface area contributed by atoms with Gasteiger partial charge in [-0.2, -0.15) is 0 Å². The second kappa shape index (κ2) is 13.6. The molecule has 0 bridgehead atoms. The van der Waals surface area contributed by atoms with E-state index in [9.17, 15) is 14.4 Å². The van der Waals surface area contributed by atoms with Crippen LogP contribution in [0, 0.1) is 10.8 Å². The quantitative estimate of drug-likeness (QED) is 0.246. The first-order valence-electron chi connectivity index (χ1n) is 16.2. The highest BCUT2D eigenvalue weighted by atomic mass is 79.9. The number of allylic oxidation sites excluding steroid dienone is 4. The summed E-state index contributed by atoms with van der Waals surface area (Å²) in [7, 11) is 0. The van der Waals surface area contributed by atoms with Crippen LogP contribution in [0.2, 0.25) is 5.02 Å². The lowest BCUT2D eigenvalue weighted by molar-refractivity contribution is -0.120. The lowest BCUT2D eigenvalue weighted by atomic mass is 9.63. The van der Waals surface area contributed by atoms with Crippen molar-refractivity contribution in [2.24, 2.45) is 10.8 Å². The molecule has 0 saturated heterocycles. The molecule has 1 amide bonds. The Bertz CT molecular complexity index is 1770. The van der Waals surface area contributed by atoms with E-state index in [0.29, 0.717) is 44.8 Å². The van der Waals surface area contributed by atoms with Gasteiger partial charge < -0.3 is 15.0 Å². The van der Waals surface area contributed by atoms with Crippen molar-refractivity contribution < 1.29 is 19.1 Å². The van der Waals surface area contributed by atoms with Crippen LogP contribution in [0.1, 0.15) is 70.4 Å². The van der Waals surface area contributed by atoms with E-state index in [2.05, 4.69) is 81.9 Å². The molecule has 250 valence electrons. The Hall–Kier alpha value is -3.20. The number of halogens is 3. The third kappa shape index (κ3) is 7.36. The Morgan fingerprint density at radius 3 is 1.94 bits per heavy atom. The number of ether oxygens (including phenoxy) is 1. The number of rotatable bonds is 8. The molecule has 6 rings (SSSR count). The van der Waals surface area contributed by atoms with Gasteiger partial charge in [0.1, 0.15) is 5.75 Å². The standard InChI is InChI=1S/C39H39Br2ClN2O4/c1-38(2)18-29-35(31(45)20-38)34(36-30(19-39(3,4)21-32(36)46)44(29)15-14-23-8-6-5-7-9-23)24-16-27(40)37(28(41)17-24)48-22-33(47)43-26-12-10-25(42)11-13-26/h5-13,16-17,34H,14-15,18-22H2,1-4H3,(H,43,47). The van der Waals surface area contributed by atoms with E-state index >= 15 is 0 Å². The number of nitrogens with one attached hydrogen (secondary N) is 1. The van der Waals surface area contributed by atoms with Crippen LogP contribution in [0.25, 0.3) is 0 Å². The van der Waals surface area contributed by atoms with Crippen molar-refractivity contribution in [1.82, 2.24) is 4.90 Å². The topological polar surface area (TPSA) is 75.7 Å². The van der Waals surface area contributed by atoms with Gasteiger partial charge in [-0.1, -0.05) is 69.6 Å². The van der Waals surface area contributed by atoms with Gasteiger partial charge in [0.15, 0.2) is 18.2 Å². The predicted molar refractivity (Wildman–Crippen MR) is 197 cm³/mol. The van der Waals surface area contributed by atoms with Gasteiger partial charge in [0.05, 0.1) is 8.95 Å². The highest BCUT2D eigenvalue weighted by Crippen LogP contribution is 2.55. The van der Waals surface area contributed by atoms with E-state index in [1.807, 2.05) is 30.3 Å². The van der Waals surface area contributed by atoms with Crippen LogP contribution in [0.3, 0.4) is 0 Å². The summed E-state index contributed by atoms with van der Waals surface area (Å²) in [5.41, 5.74) is 5.78. The predicted octanol–water partition coefficient (Wildman–Crippen LogP) is 9.81. The Morgan fingerprint density at radius 1 is 0.854 bits per heavy atom. The average Bonchev–Trinajstić information content (AvgIpc) is 2.99. The summed E-state index contributed by atoms with van der Waals surface area (Å²) >= 11 is 13.3. The van der Waals surface area contributed by atoms with Crippen molar-refractivity contribution in [3.63, 3.8) is 0 Å². The van der Waals surface area contributed by atoms with E-state index < -0.39 is 5.92 Å². The highest BCUT2D eigenvalue weighted by Gasteiger charge is 2.49. The zero-order chi connectivity index (χ0) is 34.4. The molecule has 1 aliphatic heterocycles. The van der Waals surface area contributed by atoms with Crippen LogP contribution >= 0.6 is 43.5 Å². The Kier molecular flexibility index (Phi) is 9.82. The molecule has 0 saturated carbocycles. The highest BCUT2D eigenvalue weighted by molar-refractivity contribution is 9.11. The molecule has 0 atom stereocenters. The summed E-state index contributed by atoms with van der Waals surface area (Å²) < 4.78 is 7.21. The Balaban J connectivity index is 1.38. The number of carbonyl (C=O) groups is 3. The molecule has 1 heterocycles. The van der Waals surface area contributed by atoms with E-state index in [1.54, 1.807) is 24.3 Å². The van der Waals surface area contributed by atoms with Crippen LogP contribution in [-0.2, 0) is 20.8 Å². The lowest BCUT2D eigenvalue weighted by Gasteiger charge is -2.49. The molecule has 3 aromatic rings. The molecule has 0 radical (unpaired) electrons. The van der Waals surface area contributed by atoms with Crippen molar-refractivity contribution >= 4 is 66.6 Å². The number of amides is 1. The number of hydrogen-bond donors (Lipinski definition) is 1. The van der Waals surface area contributed by atoms with Gasteiger partial charge in [-0.25, -0.2) is 0 Å². The van der Waals surface area contributed by atoms with E-state index in [-0.39, 0.29) is 34.9 Å². The first-order valence-corrected chi connectivity index (χ1v) is 18.2. The maximum absolute atomic E-state index is 14.2. The van der Waals surface area contributed by atoms with Crippen LogP contribution in [0.15, 0.2) is 98.2 Å². The first-order chi connectivity index (χ1) is 22.7. The van der Waals surface area contributed by atoms with Crippen LogP contribution < -0.4 is 10.1 Å². The maximum atomic E-state index is 14.2. The number of carbonyl (C=O) groups excluding carboxylic acids is 3.